The summed E-state index contributed by atoms with van der Waals surface area (Å²) < 4.78 is 19.3. The Labute approximate surface area is 118 Å². The molecular formula is C14H12BrFOS. The lowest BCUT2D eigenvalue weighted by Crippen LogP contribution is -2.00. The van der Waals surface area contributed by atoms with E-state index in [4.69, 9.17) is 4.74 Å². The smallest absolute Gasteiger partial charge is 0.136 e. The summed E-state index contributed by atoms with van der Waals surface area (Å²) in [5, 5.41) is 0. The Morgan fingerprint density at radius 2 is 1.89 bits per heavy atom. The molecule has 0 saturated carbocycles. The molecule has 0 bridgehead atoms. The van der Waals surface area contributed by atoms with Crippen molar-refractivity contribution in [2.75, 3.05) is 12.4 Å². The Balaban J connectivity index is 1.80. The first-order chi connectivity index (χ1) is 8.75. The Morgan fingerprint density at radius 3 is 2.67 bits per heavy atom. The molecule has 0 fully saturated rings. The normalized spacial score (nSPS) is 10.3. The van der Waals surface area contributed by atoms with E-state index in [1.54, 1.807) is 17.8 Å². The van der Waals surface area contributed by atoms with Crippen molar-refractivity contribution in [1.82, 2.24) is 0 Å². The van der Waals surface area contributed by atoms with Gasteiger partial charge in [0.25, 0.3) is 0 Å². The first kappa shape index (κ1) is 13.4. The Bertz CT molecular complexity index is 504. The van der Waals surface area contributed by atoms with Crippen LogP contribution in [0.2, 0.25) is 0 Å². The predicted molar refractivity (Wildman–Crippen MR) is 76.8 cm³/mol. The molecule has 0 amide bonds. The van der Waals surface area contributed by atoms with Crippen LogP contribution in [0.25, 0.3) is 0 Å². The SMILES string of the molecule is Fc1ccc(Br)c(OCCSc2ccccc2)c1. The van der Waals surface area contributed by atoms with E-state index in [1.165, 1.54) is 17.0 Å². The number of benzene rings is 2. The fourth-order valence-electron chi connectivity index (χ4n) is 1.42. The molecule has 0 aliphatic heterocycles. The Hall–Kier alpha value is -1.00. The van der Waals surface area contributed by atoms with Gasteiger partial charge in [-0.3, -0.25) is 0 Å². The van der Waals surface area contributed by atoms with Crippen LogP contribution in [-0.4, -0.2) is 12.4 Å². The molecule has 0 spiro atoms. The fourth-order valence-corrected chi connectivity index (χ4v) is 2.53. The lowest BCUT2D eigenvalue weighted by molar-refractivity contribution is 0.339. The maximum Gasteiger partial charge on any atom is 0.136 e. The number of ether oxygens (including phenoxy) is 1. The summed E-state index contributed by atoms with van der Waals surface area (Å²) in [5.74, 6) is 1.08. The molecular weight excluding hydrogens is 315 g/mol. The van der Waals surface area contributed by atoms with E-state index in [0.717, 1.165) is 10.2 Å². The molecule has 0 heterocycles. The Morgan fingerprint density at radius 1 is 1.11 bits per heavy atom. The van der Waals surface area contributed by atoms with E-state index < -0.39 is 0 Å². The third-order valence-electron chi connectivity index (χ3n) is 2.25. The van der Waals surface area contributed by atoms with E-state index in [2.05, 4.69) is 28.1 Å². The van der Waals surface area contributed by atoms with Crippen molar-refractivity contribution in [3.63, 3.8) is 0 Å². The summed E-state index contributed by atoms with van der Waals surface area (Å²) in [6.45, 7) is 0.543. The summed E-state index contributed by atoms with van der Waals surface area (Å²) in [6, 6.07) is 14.6. The molecule has 0 aliphatic rings. The van der Waals surface area contributed by atoms with Crippen LogP contribution in [0.15, 0.2) is 57.9 Å². The number of thioether (sulfide) groups is 1. The van der Waals surface area contributed by atoms with Crippen molar-refractivity contribution >= 4 is 27.7 Å². The van der Waals surface area contributed by atoms with Crippen LogP contribution in [0.5, 0.6) is 5.75 Å². The summed E-state index contributed by atoms with van der Waals surface area (Å²) in [7, 11) is 0. The molecule has 4 heteroatoms. The van der Waals surface area contributed by atoms with Crippen LogP contribution < -0.4 is 4.74 Å². The van der Waals surface area contributed by atoms with Crippen molar-refractivity contribution in [2.24, 2.45) is 0 Å². The Kier molecular flexibility index (Phi) is 5.08. The number of hydrogen-bond acceptors (Lipinski definition) is 2. The highest BCUT2D eigenvalue weighted by atomic mass is 79.9. The van der Waals surface area contributed by atoms with Crippen LogP contribution >= 0.6 is 27.7 Å². The minimum atomic E-state index is -0.288. The third kappa shape index (κ3) is 4.03. The van der Waals surface area contributed by atoms with Gasteiger partial charge in [-0.05, 0) is 40.2 Å². The average Bonchev–Trinajstić information content (AvgIpc) is 2.40. The highest BCUT2D eigenvalue weighted by molar-refractivity contribution is 9.10. The zero-order valence-electron chi connectivity index (χ0n) is 9.61. The highest BCUT2D eigenvalue weighted by Crippen LogP contribution is 2.26. The quantitative estimate of drug-likeness (QED) is 0.578. The van der Waals surface area contributed by atoms with Gasteiger partial charge in [0.05, 0.1) is 11.1 Å². The second kappa shape index (κ2) is 6.81. The molecule has 18 heavy (non-hydrogen) atoms. The minimum absolute atomic E-state index is 0.288. The summed E-state index contributed by atoms with van der Waals surface area (Å²) in [6.07, 6.45) is 0. The van der Waals surface area contributed by atoms with E-state index >= 15 is 0 Å². The van der Waals surface area contributed by atoms with E-state index in [-0.39, 0.29) is 5.82 Å². The predicted octanol–water partition coefficient (Wildman–Crippen LogP) is 4.76. The van der Waals surface area contributed by atoms with Crippen molar-refractivity contribution in [1.29, 1.82) is 0 Å². The van der Waals surface area contributed by atoms with Crippen molar-refractivity contribution in [3.8, 4) is 5.75 Å². The maximum atomic E-state index is 13.0. The molecule has 0 radical (unpaired) electrons. The largest absolute Gasteiger partial charge is 0.491 e. The second-order valence-electron chi connectivity index (χ2n) is 3.58. The monoisotopic (exact) mass is 326 g/mol. The summed E-state index contributed by atoms with van der Waals surface area (Å²) in [4.78, 5) is 1.21. The van der Waals surface area contributed by atoms with E-state index in [0.29, 0.717) is 12.4 Å². The van der Waals surface area contributed by atoms with E-state index in [9.17, 15) is 4.39 Å². The van der Waals surface area contributed by atoms with Crippen LogP contribution in [0.3, 0.4) is 0 Å². The lowest BCUT2D eigenvalue weighted by atomic mass is 10.3. The van der Waals surface area contributed by atoms with Crippen LogP contribution in [0.1, 0.15) is 0 Å². The molecule has 0 unspecified atom stereocenters. The molecule has 0 N–H and O–H groups in total. The highest BCUT2D eigenvalue weighted by Gasteiger charge is 2.02. The van der Waals surface area contributed by atoms with Gasteiger partial charge in [0.15, 0.2) is 0 Å². The standard InChI is InChI=1S/C14H12BrFOS/c15-13-7-6-11(16)10-14(13)17-8-9-18-12-4-2-1-3-5-12/h1-7,10H,8-9H2. The van der Waals surface area contributed by atoms with Gasteiger partial charge in [-0.25, -0.2) is 4.39 Å². The number of rotatable bonds is 5. The van der Waals surface area contributed by atoms with Gasteiger partial charge in [0, 0.05) is 16.7 Å². The van der Waals surface area contributed by atoms with Crippen molar-refractivity contribution < 1.29 is 9.13 Å². The van der Waals surface area contributed by atoms with Gasteiger partial charge in [0.2, 0.25) is 0 Å². The topological polar surface area (TPSA) is 9.23 Å². The molecule has 2 aromatic rings. The van der Waals surface area contributed by atoms with Crippen LogP contribution in [0.4, 0.5) is 4.39 Å². The van der Waals surface area contributed by atoms with Crippen molar-refractivity contribution in [3.05, 3.63) is 58.8 Å². The average molecular weight is 327 g/mol. The molecule has 94 valence electrons. The van der Waals surface area contributed by atoms with Crippen LogP contribution in [-0.2, 0) is 0 Å². The van der Waals surface area contributed by atoms with Gasteiger partial charge in [-0.15, -0.1) is 11.8 Å². The maximum absolute atomic E-state index is 13.0. The number of halogens is 2. The molecule has 2 rings (SSSR count). The van der Waals surface area contributed by atoms with Crippen molar-refractivity contribution in [2.45, 2.75) is 4.90 Å². The van der Waals surface area contributed by atoms with E-state index in [1.807, 2.05) is 18.2 Å². The first-order valence-electron chi connectivity index (χ1n) is 5.51. The molecule has 2 aromatic carbocycles. The summed E-state index contributed by atoms with van der Waals surface area (Å²) >= 11 is 5.04. The van der Waals surface area contributed by atoms with Gasteiger partial charge < -0.3 is 4.74 Å². The zero-order chi connectivity index (χ0) is 12.8. The van der Waals surface area contributed by atoms with Gasteiger partial charge in [-0.1, -0.05) is 18.2 Å². The van der Waals surface area contributed by atoms with Crippen LogP contribution in [0, 0.1) is 5.82 Å². The number of hydrogen-bond donors (Lipinski definition) is 0. The summed E-state index contributed by atoms with van der Waals surface area (Å²) in [5.41, 5.74) is 0. The van der Waals surface area contributed by atoms with Gasteiger partial charge in [0.1, 0.15) is 11.6 Å². The molecule has 0 saturated heterocycles. The third-order valence-corrected chi connectivity index (χ3v) is 3.88. The molecule has 0 aromatic heterocycles. The molecule has 0 aliphatic carbocycles. The minimum Gasteiger partial charge on any atom is -0.491 e. The second-order valence-corrected chi connectivity index (χ2v) is 5.61. The zero-order valence-corrected chi connectivity index (χ0v) is 12.0. The fraction of sp³-hybridized carbons (Fsp3) is 0.143. The molecule has 0 atom stereocenters. The van der Waals surface area contributed by atoms with Gasteiger partial charge >= 0.3 is 0 Å². The molecule has 1 nitrogen and oxygen atoms in total. The lowest BCUT2D eigenvalue weighted by Gasteiger charge is -2.08. The first-order valence-corrected chi connectivity index (χ1v) is 7.29. The van der Waals surface area contributed by atoms with Gasteiger partial charge in [-0.2, -0.15) is 0 Å².